The Balaban J connectivity index is 2.48. The largest absolute Gasteiger partial charge is 0.472 e. The van der Waals surface area contributed by atoms with Gasteiger partial charge in [-0.1, -0.05) is 13.8 Å². The second-order valence-corrected chi connectivity index (χ2v) is 4.61. The highest BCUT2D eigenvalue weighted by molar-refractivity contribution is 5.45. The van der Waals surface area contributed by atoms with Crippen molar-refractivity contribution in [3.8, 4) is 5.88 Å². The van der Waals surface area contributed by atoms with Crippen LogP contribution in [0.1, 0.15) is 13.8 Å². The van der Waals surface area contributed by atoms with Gasteiger partial charge in [-0.05, 0) is 0 Å². The van der Waals surface area contributed by atoms with Gasteiger partial charge in [0.25, 0.3) is 5.88 Å². The Morgan fingerprint density at radius 1 is 1.33 bits per heavy atom. The lowest BCUT2D eigenvalue weighted by atomic mass is 10.3. The summed E-state index contributed by atoms with van der Waals surface area (Å²) in [5.74, 6) is 1.09. The first-order valence-corrected chi connectivity index (χ1v) is 6.03. The zero-order chi connectivity index (χ0) is 13.5. The average Bonchev–Trinajstić information content (AvgIpc) is 2.34. The van der Waals surface area contributed by atoms with Gasteiger partial charge in [0.1, 0.15) is 12.7 Å². The molecule has 6 heteroatoms. The summed E-state index contributed by atoms with van der Waals surface area (Å²) >= 11 is 0. The second-order valence-electron chi connectivity index (χ2n) is 4.61. The summed E-state index contributed by atoms with van der Waals surface area (Å²) in [5.41, 5.74) is 0. The molecule has 1 atom stereocenters. The standard InChI is InChI=1S/C12H22N4O2/c1-9(2)15-7-10(17)8-18-12-11(16(3)4)13-5-6-14-12/h5-6,9-10,15,17H,7-8H2,1-4H3. The molecule has 0 aliphatic carbocycles. The smallest absolute Gasteiger partial charge is 0.257 e. The fraction of sp³-hybridized carbons (Fsp3) is 0.667. The van der Waals surface area contributed by atoms with Crippen LogP contribution in [-0.2, 0) is 0 Å². The number of ether oxygens (including phenoxy) is 1. The van der Waals surface area contributed by atoms with Crippen molar-refractivity contribution in [1.29, 1.82) is 0 Å². The predicted octanol–water partition coefficient (Wildman–Crippen LogP) is 0.280. The molecule has 18 heavy (non-hydrogen) atoms. The maximum absolute atomic E-state index is 9.74. The topological polar surface area (TPSA) is 70.5 Å². The molecule has 0 amide bonds. The van der Waals surface area contributed by atoms with Crippen molar-refractivity contribution in [1.82, 2.24) is 15.3 Å². The molecule has 1 aromatic rings. The summed E-state index contributed by atoms with van der Waals surface area (Å²) in [7, 11) is 3.74. The molecule has 0 saturated carbocycles. The van der Waals surface area contributed by atoms with Gasteiger partial charge in [-0.2, -0.15) is 0 Å². The van der Waals surface area contributed by atoms with Crippen LogP contribution in [0, 0.1) is 0 Å². The highest BCUT2D eigenvalue weighted by Crippen LogP contribution is 2.19. The molecule has 0 aliphatic heterocycles. The number of aliphatic hydroxyl groups is 1. The summed E-state index contributed by atoms with van der Waals surface area (Å²) in [6, 6.07) is 0.341. The van der Waals surface area contributed by atoms with E-state index in [1.807, 2.05) is 32.8 Å². The van der Waals surface area contributed by atoms with Crippen LogP contribution < -0.4 is 15.0 Å². The van der Waals surface area contributed by atoms with Crippen molar-refractivity contribution in [2.75, 3.05) is 32.1 Å². The number of hydrogen-bond acceptors (Lipinski definition) is 6. The first kappa shape index (κ1) is 14.7. The molecule has 1 unspecified atom stereocenters. The SMILES string of the molecule is CC(C)NCC(O)COc1nccnc1N(C)C. The maximum atomic E-state index is 9.74. The van der Waals surface area contributed by atoms with Gasteiger partial charge in [-0.15, -0.1) is 0 Å². The van der Waals surface area contributed by atoms with Crippen LogP contribution in [0.5, 0.6) is 5.88 Å². The molecule has 0 aliphatic rings. The van der Waals surface area contributed by atoms with Crippen LogP contribution in [0.3, 0.4) is 0 Å². The third kappa shape index (κ3) is 4.85. The van der Waals surface area contributed by atoms with E-state index >= 15 is 0 Å². The van der Waals surface area contributed by atoms with Crippen LogP contribution in [0.15, 0.2) is 12.4 Å². The monoisotopic (exact) mass is 254 g/mol. The number of anilines is 1. The molecule has 0 radical (unpaired) electrons. The minimum absolute atomic E-state index is 0.194. The van der Waals surface area contributed by atoms with E-state index in [9.17, 15) is 5.11 Å². The number of rotatable bonds is 7. The Morgan fingerprint density at radius 3 is 2.61 bits per heavy atom. The molecule has 102 valence electrons. The summed E-state index contributed by atoms with van der Waals surface area (Å²) in [6.45, 7) is 4.75. The number of nitrogens with one attached hydrogen (secondary N) is 1. The van der Waals surface area contributed by atoms with Gasteiger partial charge < -0.3 is 20.1 Å². The Kier molecular flexibility index (Phi) is 5.80. The maximum Gasteiger partial charge on any atom is 0.257 e. The Labute approximate surface area is 108 Å². The lowest BCUT2D eigenvalue weighted by Crippen LogP contribution is -2.35. The molecule has 0 fully saturated rings. The lowest BCUT2D eigenvalue weighted by molar-refractivity contribution is 0.102. The average molecular weight is 254 g/mol. The Hall–Kier alpha value is -1.40. The van der Waals surface area contributed by atoms with Crippen LogP contribution in [0.4, 0.5) is 5.82 Å². The summed E-state index contributed by atoms with van der Waals surface area (Å²) < 4.78 is 5.49. The van der Waals surface area contributed by atoms with Crippen molar-refractivity contribution >= 4 is 5.82 Å². The van der Waals surface area contributed by atoms with Crippen LogP contribution >= 0.6 is 0 Å². The molecular weight excluding hydrogens is 232 g/mol. The van der Waals surface area contributed by atoms with Crippen LogP contribution in [-0.4, -0.2) is 54.5 Å². The normalized spacial score (nSPS) is 12.6. The zero-order valence-electron chi connectivity index (χ0n) is 11.4. The quantitative estimate of drug-likeness (QED) is 0.728. The fourth-order valence-electron chi connectivity index (χ4n) is 1.33. The van der Waals surface area contributed by atoms with E-state index in [4.69, 9.17) is 4.74 Å². The van der Waals surface area contributed by atoms with Gasteiger partial charge in [0.2, 0.25) is 0 Å². The van der Waals surface area contributed by atoms with Crippen LogP contribution in [0.25, 0.3) is 0 Å². The van der Waals surface area contributed by atoms with Gasteiger partial charge in [-0.25, -0.2) is 9.97 Å². The second kappa shape index (κ2) is 7.13. The van der Waals surface area contributed by atoms with E-state index in [1.54, 1.807) is 12.4 Å². The van der Waals surface area contributed by atoms with E-state index in [-0.39, 0.29) is 6.61 Å². The zero-order valence-corrected chi connectivity index (χ0v) is 11.4. The molecule has 6 nitrogen and oxygen atoms in total. The van der Waals surface area contributed by atoms with Crippen molar-refractivity contribution in [3.05, 3.63) is 12.4 Å². The highest BCUT2D eigenvalue weighted by atomic mass is 16.5. The molecule has 0 spiro atoms. The van der Waals surface area contributed by atoms with Gasteiger partial charge in [0.15, 0.2) is 5.82 Å². The Bertz CT molecular complexity index is 358. The number of aliphatic hydroxyl groups excluding tert-OH is 1. The summed E-state index contributed by atoms with van der Waals surface area (Å²) in [4.78, 5) is 10.1. The number of hydrogen-bond donors (Lipinski definition) is 2. The van der Waals surface area contributed by atoms with E-state index < -0.39 is 6.10 Å². The molecule has 2 N–H and O–H groups in total. The van der Waals surface area contributed by atoms with Crippen molar-refractivity contribution in [2.45, 2.75) is 26.0 Å². The van der Waals surface area contributed by atoms with Gasteiger partial charge >= 0.3 is 0 Å². The number of aromatic nitrogens is 2. The first-order valence-electron chi connectivity index (χ1n) is 6.03. The summed E-state index contributed by atoms with van der Waals surface area (Å²) in [6.07, 6.45) is 2.62. The van der Waals surface area contributed by atoms with E-state index in [1.165, 1.54) is 0 Å². The van der Waals surface area contributed by atoms with E-state index in [0.29, 0.717) is 24.3 Å². The predicted molar refractivity (Wildman–Crippen MR) is 71.0 cm³/mol. The molecule has 0 bridgehead atoms. The third-order valence-corrected chi connectivity index (χ3v) is 2.24. The van der Waals surface area contributed by atoms with E-state index in [0.717, 1.165) is 0 Å². The Morgan fingerprint density at radius 2 is 2.00 bits per heavy atom. The lowest BCUT2D eigenvalue weighted by Gasteiger charge is -2.17. The molecule has 0 saturated heterocycles. The fourth-order valence-corrected chi connectivity index (χ4v) is 1.33. The van der Waals surface area contributed by atoms with Crippen molar-refractivity contribution < 1.29 is 9.84 Å². The van der Waals surface area contributed by atoms with Crippen molar-refractivity contribution in [3.63, 3.8) is 0 Å². The molecule has 1 heterocycles. The van der Waals surface area contributed by atoms with Gasteiger partial charge in [0, 0.05) is 39.1 Å². The minimum atomic E-state index is -0.565. The van der Waals surface area contributed by atoms with Gasteiger partial charge in [-0.3, -0.25) is 0 Å². The molecule has 0 aromatic carbocycles. The molecule has 1 rings (SSSR count). The van der Waals surface area contributed by atoms with Crippen LogP contribution in [0.2, 0.25) is 0 Å². The molecule has 1 aromatic heterocycles. The number of nitrogens with zero attached hydrogens (tertiary/aromatic N) is 3. The third-order valence-electron chi connectivity index (χ3n) is 2.24. The van der Waals surface area contributed by atoms with E-state index in [2.05, 4.69) is 15.3 Å². The minimum Gasteiger partial charge on any atom is -0.472 e. The molecular formula is C12H22N4O2. The first-order chi connectivity index (χ1) is 8.50. The summed E-state index contributed by atoms with van der Waals surface area (Å²) in [5, 5.41) is 12.9. The van der Waals surface area contributed by atoms with Crippen molar-refractivity contribution in [2.24, 2.45) is 0 Å². The van der Waals surface area contributed by atoms with Gasteiger partial charge in [0.05, 0.1) is 0 Å². The highest BCUT2D eigenvalue weighted by Gasteiger charge is 2.11.